The van der Waals surface area contributed by atoms with Gasteiger partial charge in [-0.3, -0.25) is 4.79 Å². The maximum atomic E-state index is 11.8. The average molecular weight is 320 g/mol. The summed E-state index contributed by atoms with van der Waals surface area (Å²) in [5, 5.41) is 5.37. The maximum Gasteiger partial charge on any atom is 0.347 e. The Balaban J connectivity index is 2.30. The number of carbonyl (C=O) groups excluding carboxylic acids is 2. The van der Waals surface area contributed by atoms with Crippen LogP contribution in [0.4, 0.5) is 0 Å². The second-order valence-electron chi connectivity index (χ2n) is 5.26. The number of esters is 2. The lowest BCUT2D eigenvalue weighted by Crippen LogP contribution is -2.29. The number of benzene rings is 1. The highest BCUT2D eigenvalue weighted by atomic mass is 16.6. The van der Waals surface area contributed by atoms with Crippen LogP contribution in [0.3, 0.4) is 0 Å². The summed E-state index contributed by atoms with van der Waals surface area (Å²) in [6.45, 7) is 3.57. The number of aromatic nitrogens is 2. The standard InChI is InChI=1S/C16H20N2O5/c1-10-5-12(7-14(16(20)22-4)23-11(2)19)6-13-8-18(9-21-3)17-15(10)13/h5-6,8,14H,7,9H2,1-4H3. The molecule has 7 heteroatoms. The lowest BCUT2D eigenvalue weighted by molar-refractivity contribution is -0.164. The lowest BCUT2D eigenvalue weighted by atomic mass is 10.0. The third-order valence-electron chi connectivity index (χ3n) is 3.36. The first-order valence-corrected chi connectivity index (χ1v) is 7.15. The molecule has 0 bridgehead atoms. The monoisotopic (exact) mass is 320 g/mol. The largest absolute Gasteiger partial charge is 0.466 e. The molecule has 0 N–H and O–H groups in total. The second-order valence-corrected chi connectivity index (χ2v) is 5.26. The Morgan fingerprint density at radius 1 is 1.30 bits per heavy atom. The van der Waals surface area contributed by atoms with Gasteiger partial charge in [-0.1, -0.05) is 6.07 Å². The molecule has 2 rings (SSSR count). The van der Waals surface area contributed by atoms with Crippen LogP contribution in [0.25, 0.3) is 10.9 Å². The molecule has 124 valence electrons. The molecule has 0 aliphatic heterocycles. The Hall–Kier alpha value is -2.41. The van der Waals surface area contributed by atoms with E-state index in [0.717, 1.165) is 22.0 Å². The van der Waals surface area contributed by atoms with Crippen LogP contribution in [0.5, 0.6) is 0 Å². The van der Waals surface area contributed by atoms with Gasteiger partial charge < -0.3 is 14.2 Å². The fraction of sp³-hybridized carbons (Fsp3) is 0.438. The van der Waals surface area contributed by atoms with E-state index in [0.29, 0.717) is 6.73 Å². The van der Waals surface area contributed by atoms with Gasteiger partial charge in [-0.2, -0.15) is 5.10 Å². The van der Waals surface area contributed by atoms with Crippen molar-refractivity contribution in [3.63, 3.8) is 0 Å². The molecule has 0 aliphatic carbocycles. The third-order valence-corrected chi connectivity index (χ3v) is 3.36. The molecule has 1 atom stereocenters. The maximum absolute atomic E-state index is 11.8. The van der Waals surface area contributed by atoms with E-state index in [1.807, 2.05) is 25.3 Å². The average Bonchev–Trinajstić information content (AvgIpc) is 2.89. The van der Waals surface area contributed by atoms with Crippen molar-refractivity contribution in [2.75, 3.05) is 14.2 Å². The Labute approximate surface area is 134 Å². The minimum absolute atomic E-state index is 0.249. The molecule has 0 saturated heterocycles. The van der Waals surface area contributed by atoms with E-state index in [2.05, 4.69) is 5.10 Å². The summed E-state index contributed by atoms with van der Waals surface area (Å²) in [6, 6.07) is 3.84. The Kier molecular flexibility index (Phi) is 5.33. The van der Waals surface area contributed by atoms with Crippen LogP contribution in [-0.4, -0.2) is 42.0 Å². The molecule has 0 aliphatic rings. The van der Waals surface area contributed by atoms with Gasteiger partial charge in [0.05, 0.1) is 12.6 Å². The Bertz CT molecular complexity index is 723. The van der Waals surface area contributed by atoms with E-state index < -0.39 is 18.0 Å². The number of rotatable bonds is 6. The van der Waals surface area contributed by atoms with Crippen molar-refractivity contribution in [2.45, 2.75) is 33.1 Å². The number of hydrogen-bond acceptors (Lipinski definition) is 6. The van der Waals surface area contributed by atoms with Gasteiger partial charge in [0.15, 0.2) is 0 Å². The van der Waals surface area contributed by atoms with Gasteiger partial charge in [-0.05, 0) is 24.1 Å². The zero-order valence-electron chi connectivity index (χ0n) is 13.7. The van der Waals surface area contributed by atoms with Gasteiger partial charge >= 0.3 is 11.9 Å². The van der Waals surface area contributed by atoms with E-state index in [9.17, 15) is 9.59 Å². The summed E-state index contributed by atoms with van der Waals surface area (Å²) in [5.41, 5.74) is 2.70. The fourth-order valence-electron chi connectivity index (χ4n) is 2.47. The second kappa shape index (κ2) is 7.23. The van der Waals surface area contributed by atoms with Crippen LogP contribution in [0.15, 0.2) is 18.3 Å². The highest BCUT2D eigenvalue weighted by Gasteiger charge is 2.23. The van der Waals surface area contributed by atoms with Gasteiger partial charge in [0, 0.05) is 32.0 Å². The Morgan fingerprint density at radius 2 is 2.04 bits per heavy atom. The fourth-order valence-corrected chi connectivity index (χ4v) is 2.47. The smallest absolute Gasteiger partial charge is 0.347 e. The molecule has 0 spiro atoms. The van der Waals surface area contributed by atoms with E-state index >= 15 is 0 Å². The SMILES string of the molecule is COCn1cc2cc(CC(OC(C)=O)C(=O)OC)cc(C)c2n1. The Morgan fingerprint density at radius 3 is 2.65 bits per heavy atom. The molecule has 2 aromatic rings. The first-order valence-electron chi connectivity index (χ1n) is 7.15. The van der Waals surface area contributed by atoms with Gasteiger partial charge in [-0.25, -0.2) is 9.48 Å². The highest BCUT2D eigenvalue weighted by molar-refractivity contribution is 5.83. The van der Waals surface area contributed by atoms with Crippen LogP contribution in [-0.2, 0) is 37.0 Å². The van der Waals surface area contributed by atoms with Crippen molar-refractivity contribution in [1.82, 2.24) is 9.78 Å². The van der Waals surface area contributed by atoms with Crippen molar-refractivity contribution >= 4 is 22.8 Å². The van der Waals surface area contributed by atoms with Crippen LogP contribution < -0.4 is 0 Å². The molecule has 1 aromatic carbocycles. The molecule has 1 heterocycles. The molecule has 1 unspecified atom stereocenters. The zero-order valence-corrected chi connectivity index (χ0v) is 13.7. The topological polar surface area (TPSA) is 79.7 Å². The number of nitrogens with zero attached hydrogens (tertiary/aromatic N) is 2. The molecule has 1 aromatic heterocycles. The summed E-state index contributed by atoms with van der Waals surface area (Å²) >= 11 is 0. The van der Waals surface area contributed by atoms with Crippen molar-refractivity contribution in [2.24, 2.45) is 0 Å². The van der Waals surface area contributed by atoms with Gasteiger partial charge in [0.25, 0.3) is 0 Å². The van der Waals surface area contributed by atoms with Crippen molar-refractivity contribution < 1.29 is 23.8 Å². The number of aryl methyl sites for hydroxylation is 1. The summed E-state index contributed by atoms with van der Waals surface area (Å²) in [4.78, 5) is 22.9. The van der Waals surface area contributed by atoms with E-state index in [-0.39, 0.29) is 6.42 Å². The van der Waals surface area contributed by atoms with E-state index in [1.54, 1.807) is 11.8 Å². The van der Waals surface area contributed by atoms with E-state index in [1.165, 1.54) is 14.0 Å². The van der Waals surface area contributed by atoms with Crippen LogP contribution in [0, 0.1) is 6.92 Å². The van der Waals surface area contributed by atoms with Crippen molar-refractivity contribution in [3.05, 3.63) is 29.5 Å². The number of carbonyl (C=O) groups is 2. The van der Waals surface area contributed by atoms with Crippen LogP contribution in [0.2, 0.25) is 0 Å². The molecular weight excluding hydrogens is 300 g/mol. The van der Waals surface area contributed by atoms with Gasteiger partial charge in [-0.15, -0.1) is 0 Å². The normalized spacial score (nSPS) is 12.2. The molecule has 7 nitrogen and oxygen atoms in total. The minimum Gasteiger partial charge on any atom is -0.466 e. The van der Waals surface area contributed by atoms with Crippen molar-refractivity contribution in [3.8, 4) is 0 Å². The quantitative estimate of drug-likeness (QED) is 0.752. The van der Waals surface area contributed by atoms with Crippen molar-refractivity contribution in [1.29, 1.82) is 0 Å². The predicted molar refractivity (Wildman–Crippen MR) is 82.8 cm³/mol. The van der Waals surface area contributed by atoms with Gasteiger partial charge in [0.1, 0.15) is 6.73 Å². The third kappa shape index (κ3) is 4.07. The number of methoxy groups -OCH3 is 2. The number of fused-ring (bicyclic) bond motifs is 1. The van der Waals surface area contributed by atoms with Gasteiger partial charge in [0.2, 0.25) is 6.10 Å². The molecular formula is C16H20N2O5. The highest BCUT2D eigenvalue weighted by Crippen LogP contribution is 2.21. The summed E-state index contributed by atoms with van der Waals surface area (Å²) < 4.78 is 16.5. The summed E-state index contributed by atoms with van der Waals surface area (Å²) in [7, 11) is 2.87. The first-order chi connectivity index (χ1) is 10.9. The molecule has 0 fully saturated rings. The molecule has 23 heavy (non-hydrogen) atoms. The molecule has 0 saturated carbocycles. The summed E-state index contributed by atoms with van der Waals surface area (Å²) in [6.07, 6.45) is 1.16. The number of hydrogen-bond donors (Lipinski definition) is 0. The zero-order chi connectivity index (χ0) is 17.0. The first kappa shape index (κ1) is 17.0. The summed E-state index contributed by atoms with van der Waals surface area (Å²) in [5.74, 6) is -1.10. The number of ether oxygens (including phenoxy) is 3. The molecule has 0 amide bonds. The predicted octanol–water partition coefficient (Wildman–Crippen LogP) is 1.60. The van der Waals surface area contributed by atoms with E-state index in [4.69, 9.17) is 14.2 Å². The van der Waals surface area contributed by atoms with Crippen LogP contribution in [0.1, 0.15) is 18.1 Å². The minimum atomic E-state index is -0.955. The van der Waals surface area contributed by atoms with Crippen LogP contribution >= 0.6 is 0 Å². The molecule has 0 radical (unpaired) electrons. The lowest BCUT2D eigenvalue weighted by Gasteiger charge is -2.15.